The molecule has 0 atom stereocenters. The van der Waals surface area contributed by atoms with Crippen molar-refractivity contribution in [3.8, 4) is 0 Å². The Morgan fingerprint density at radius 1 is 1.35 bits per heavy atom. The minimum Gasteiger partial charge on any atom is -0.392 e. The topological polar surface area (TPSA) is 79.3 Å². The maximum Gasteiger partial charge on any atom is 0.266 e. The fourth-order valence-corrected chi connectivity index (χ4v) is 2.82. The van der Waals surface area contributed by atoms with Crippen LogP contribution in [0.15, 0.2) is 41.4 Å². The number of nitrogens with zero attached hydrogens (tertiary/aromatic N) is 1. The quantitative estimate of drug-likeness (QED) is 0.906. The van der Waals surface area contributed by atoms with Crippen LogP contribution in [0.5, 0.6) is 0 Å². The maximum atomic E-state index is 13.8. The highest BCUT2D eigenvalue weighted by Crippen LogP contribution is 2.23. The molecule has 0 spiro atoms. The molecule has 0 aliphatic carbocycles. The summed E-state index contributed by atoms with van der Waals surface area (Å²) in [7, 11) is -4.15. The van der Waals surface area contributed by atoms with Gasteiger partial charge in [0.05, 0.1) is 11.6 Å². The molecule has 20 heavy (non-hydrogen) atoms. The third-order valence-corrected chi connectivity index (χ3v) is 4.14. The predicted octanol–water partition coefficient (Wildman–Crippen LogP) is 2.17. The van der Waals surface area contributed by atoms with E-state index in [2.05, 4.69) is 9.71 Å². The molecular weight excluding hydrogens is 307 g/mol. The lowest BCUT2D eigenvalue weighted by Crippen LogP contribution is -2.16. The van der Waals surface area contributed by atoms with Crippen molar-refractivity contribution in [1.29, 1.82) is 0 Å². The highest BCUT2D eigenvalue weighted by atomic mass is 35.5. The monoisotopic (exact) mass is 316 g/mol. The molecular formula is C12H10ClFN2O3S. The Hall–Kier alpha value is -1.70. The molecule has 0 aliphatic rings. The highest BCUT2D eigenvalue weighted by Gasteiger charge is 2.20. The first kappa shape index (κ1) is 14.7. The molecule has 0 unspecified atom stereocenters. The molecule has 2 N–H and O–H groups in total. The van der Waals surface area contributed by atoms with Gasteiger partial charge in [0.2, 0.25) is 0 Å². The minimum absolute atomic E-state index is 0.0835. The summed E-state index contributed by atoms with van der Waals surface area (Å²) < 4.78 is 40.0. The van der Waals surface area contributed by atoms with Gasteiger partial charge >= 0.3 is 0 Å². The molecule has 1 aromatic carbocycles. The average molecular weight is 317 g/mol. The first-order valence-corrected chi connectivity index (χ1v) is 7.33. The van der Waals surface area contributed by atoms with Crippen LogP contribution in [0.4, 0.5) is 10.2 Å². The van der Waals surface area contributed by atoms with Crippen molar-refractivity contribution in [2.75, 3.05) is 4.72 Å². The Kier molecular flexibility index (Phi) is 4.22. The number of rotatable bonds is 4. The first-order chi connectivity index (χ1) is 9.44. The van der Waals surface area contributed by atoms with Crippen molar-refractivity contribution < 1.29 is 17.9 Å². The predicted molar refractivity (Wildman–Crippen MR) is 72.4 cm³/mol. The number of hydrogen-bond acceptors (Lipinski definition) is 4. The Morgan fingerprint density at radius 3 is 2.70 bits per heavy atom. The highest BCUT2D eigenvalue weighted by molar-refractivity contribution is 7.92. The van der Waals surface area contributed by atoms with Crippen LogP contribution in [0, 0.1) is 5.82 Å². The average Bonchev–Trinajstić information content (AvgIpc) is 2.40. The second-order valence-corrected chi connectivity index (χ2v) is 5.92. The zero-order valence-corrected chi connectivity index (χ0v) is 11.6. The summed E-state index contributed by atoms with van der Waals surface area (Å²) in [6, 6.07) is 6.33. The van der Waals surface area contributed by atoms with Crippen LogP contribution in [0.2, 0.25) is 5.02 Å². The molecule has 1 aromatic heterocycles. The minimum atomic E-state index is -4.15. The number of benzene rings is 1. The second-order valence-electron chi connectivity index (χ2n) is 3.86. The van der Waals surface area contributed by atoms with Crippen LogP contribution in [0.1, 0.15) is 5.56 Å². The van der Waals surface area contributed by atoms with Crippen molar-refractivity contribution in [2.45, 2.75) is 11.5 Å². The van der Waals surface area contributed by atoms with Crippen LogP contribution in [0.3, 0.4) is 0 Å². The number of aliphatic hydroxyl groups excluding tert-OH is 1. The van der Waals surface area contributed by atoms with E-state index in [1.807, 2.05) is 0 Å². The Bertz CT molecular complexity index is 737. The van der Waals surface area contributed by atoms with Crippen LogP contribution in [-0.2, 0) is 16.6 Å². The normalized spacial score (nSPS) is 11.3. The van der Waals surface area contributed by atoms with Gasteiger partial charge in [-0.05, 0) is 29.8 Å². The van der Waals surface area contributed by atoms with Crippen molar-refractivity contribution in [2.24, 2.45) is 0 Å². The number of halogens is 2. The van der Waals surface area contributed by atoms with Gasteiger partial charge in [-0.2, -0.15) is 0 Å². The van der Waals surface area contributed by atoms with Gasteiger partial charge in [0.25, 0.3) is 10.0 Å². The van der Waals surface area contributed by atoms with E-state index in [1.54, 1.807) is 0 Å². The van der Waals surface area contributed by atoms with E-state index in [-0.39, 0.29) is 23.0 Å². The molecule has 2 aromatic rings. The van der Waals surface area contributed by atoms with Gasteiger partial charge in [-0.1, -0.05) is 17.7 Å². The Labute approximate surface area is 120 Å². The molecule has 0 aliphatic heterocycles. The molecule has 0 radical (unpaired) electrons. The standard InChI is InChI=1S/C12H10ClFN2O3S/c13-9-2-1-5-15-12(9)16-20(18,19)11-4-3-8(7-17)6-10(11)14/h1-6,17H,7H2,(H,15,16). The van der Waals surface area contributed by atoms with Crippen molar-refractivity contribution in [3.05, 3.63) is 52.9 Å². The van der Waals surface area contributed by atoms with Gasteiger partial charge in [-0.3, -0.25) is 4.72 Å². The van der Waals surface area contributed by atoms with Gasteiger partial charge in [0.15, 0.2) is 5.82 Å². The van der Waals surface area contributed by atoms with E-state index >= 15 is 0 Å². The first-order valence-electron chi connectivity index (χ1n) is 5.46. The van der Waals surface area contributed by atoms with E-state index < -0.39 is 20.7 Å². The largest absolute Gasteiger partial charge is 0.392 e. The molecule has 0 fully saturated rings. The van der Waals surface area contributed by atoms with Gasteiger partial charge in [-0.15, -0.1) is 0 Å². The summed E-state index contributed by atoms with van der Waals surface area (Å²) in [5, 5.41) is 8.97. The summed E-state index contributed by atoms with van der Waals surface area (Å²) in [5.74, 6) is -1.05. The van der Waals surface area contributed by atoms with Crippen LogP contribution in [-0.4, -0.2) is 18.5 Å². The van der Waals surface area contributed by atoms with Crippen molar-refractivity contribution >= 4 is 27.4 Å². The fraction of sp³-hybridized carbons (Fsp3) is 0.0833. The number of sulfonamides is 1. The number of anilines is 1. The lowest BCUT2D eigenvalue weighted by molar-refractivity contribution is 0.281. The molecule has 0 bridgehead atoms. The number of nitrogens with one attached hydrogen (secondary N) is 1. The third-order valence-electron chi connectivity index (χ3n) is 2.46. The van der Waals surface area contributed by atoms with Gasteiger partial charge in [0, 0.05) is 6.20 Å². The molecule has 2 rings (SSSR count). The van der Waals surface area contributed by atoms with Gasteiger partial charge < -0.3 is 5.11 Å². The van der Waals surface area contributed by atoms with E-state index in [9.17, 15) is 12.8 Å². The van der Waals surface area contributed by atoms with Crippen molar-refractivity contribution in [1.82, 2.24) is 4.98 Å². The number of aromatic nitrogens is 1. The summed E-state index contributed by atoms with van der Waals surface area (Å²) in [5.41, 5.74) is 0.275. The van der Waals surface area contributed by atoms with Crippen LogP contribution >= 0.6 is 11.6 Å². The zero-order valence-electron chi connectivity index (χ0n) is 10.0. The summed E-state index contributed by atoms with van der Waals surface area (Å²) in [6.45, 7) is -0.378. The molecule has 0 saturated carbocycles. The second kappa shape index (κ2) is 5.74. The van der Waals surface area contributed by atoms with Gasteiger partial charge in [0.1, 0.15) is 10.7 Å². The lowest BCUT2D eigenvalue weighted by atomic mass is 10.2. The van der Waals surface area contributed by atoms with Crippen LogP contribution in [0.25, 0.3) is 0 Å². The number of aliphatic hydroxyl groups is 1. The van der Waals surface area contributed by atoms with Crippen molar-refractivity contribution in [3.63, 3.8) is 0 Å². The SMILES string of the molecule is O=S(=O)(Nc1ncccc1Cl)c1ccc(CO)cc1F. The molecule has 5 nitrogen and oxygen atoms in total. The zero-order chi connectivity index (χ0) is 14.8. The number of pyridine rings is 1. The van der Waals surface area contributed by atoms with E-state index in [0.717, 1.165) is 12.1 Å². The molecule has 8 heteroatoms. The maximum absolute atomic E-state index is 13.8. The molecule has 0 saturated heterocycles. The Balaban J connectivity index is 2.39. The molecule has 0 amide bonds. The third kappa shape index (κ3) is 3.06. The van der Waals surface area contributed by atoms with E-state index in [0.29, 0.717) is 0 Å². The summed E-state index contributed by atoms with van der Waals surface area (Å²) in [6.07, 6.45) is 1.36. The summed E-state index contributed by atoms with van der Waals surface area (Å²) in [4.78, 5) is 3.22. The van der Waals surface area contributed by atoms with Crippen LogP contribution < -0.4 is 4.72 Å². The number of hydrogen-bond donors (Lipinski definition) is 2. The Morgan fingerprint density at radius 2 is 2.10 bits per heavy atom. The smallest absolute Gasteiger partial charge is 0.266 e. The molecule has 1 heterocycles. The fourth-order valence-electron chi connectivity index (χ4n) is 1.50. The summed E-state index contributed by atoms with van der Waals surface area (Å²) >= 11 is 5.79. The van der Waals surface area contributed by atoms with E-state index in [1.165, 1.54) is 24.4 Å². The molecule has 106 valence electrons. The van der Waals surface area contributed by atoms with E-state index in [4.69, 9.17) is 16.7 Å². The lowest BCUT2D eigenvalue weighted by Gasteiger charge is -2.09. The van der Waals surface area contributed by atoms with Gasteiger partial charge in [-0.25, -0.2) is 17.8 Å².